The molecule has 1 amide bonds. The summed E-state index contributed by atoms with van der Waals surface area (Å²) >= 11 is 3.38. The van der Waals surface area contributed by atoms with Crippen LogP contribution < -0.4 is 16.4 Å². The number of carbonyl (C=O) groups is 1. The lowest BCUT2D eigenvalue weighted by atomic mass is 10.1. The van der Waals surface area contributed by atoms with E-state index in [0.717, 1.165) is 10.2 Å². The standard InChI is InChI=1S/C11H14BrN3O/c12-8-1-2-9(14)10(4-8)15-6-7(5-13)3-11(15)16/h1-2,4,7H,3,5-6,13-14H2. The Morgan fingerprint density at radius 1 is 1.50 bits per heavy atom. The number of benzene rings is 1. The van der Waals surface area contributed by atoms with Crippen LogP contribution in [0.25, 0.3) is 0 Å². The molecule has 1 fully saturated rings. The molecule has 1 atom stereocenters. The first-order chi connectivity index (χ1) is 7.61. The number of nitrogen functional groups attached to an aromatic ring is 1. The van der Waals surface area contributed by atoms with Gasteiger partial charge in [0.1, 0.15) is 0 Å². The first-order valence-corrected chi connectivity index (χ1v) is 5.96. The van der Waals surface area contributed by atoms with Crippen LogP contribution in [-0.2, 0) is 4.79 Å². The van der Waals surface area contributed by atoms with Gasteiger partial charge in [-0.15, -0.1) is 0 Å². The predicted molar refractivity (Wildman–Crippen MR) is 68.1 cm³/mol. The second-order valence-electron chi connectivity index (χ2n) is 4.01. The highest BCUT2D eigenvalue weighted by Crippen LogP contribution is 2.31. The molecule has 1 aromatic carbocycles. The summed E-state index contributed by atoms with van der Waals surface area (Å²) in [5.41, 5.74) is 12.9. The molecule has 4 nitrogen and oxygen atoms in total. The smallest absolute Gasteiger partial charge is 0.227 e. The Balaban J connectivity index is 2.30. The second kappa shape index (κ2) is 4.43. The van der Waals surface area contributed by atoms with E-state index < -0.39 is 0 Å². The minimum absolute atomic E-state index is 0.0975. The third kappa shape index (κ3) is 2.05. The van der Waals surface area contributed by atoms with Gasteiger partial charge in [0.25, 0.3) is 0 Å². The Bertz CT molecular complexity index is 422. The highest BCUT2D eigenvalue weighted by molar-refractivity contribution is 9.10. The molecule has 0 saturated carbocycles. The summed E-state index contributed by atoms with van der Waals surface area (Å²) in [5, 5.41) is 0. The van der Waals surface area contributed by atoms with Crippen molar-refractivity contribution >= 4 is 33.2 Å². The van der Waals surface area contributed by atoms with Crippen LogP contribution in [0.1, 0.15) is 6.42 Å². The molecule has 1 saturated heterocycles. The van der Waals surface area contributed by atoms with Crippen molar-refractivity contribution in [2.75, 3.05) is 23.7 Å². The molecule has 1 aliphatic rings. The van der Waals surface area contributed by atoms with Crippen LogP contribution in [0.3, 0.4) is 0 Å². The number of carbonyl (C=O) groups excluding carboxylic acids is 1. The van der Waals surface area contributed by atoms with Crippen LogP contribution in [0.15, 0.2) is 22.7 Å². The zero-order valence-corrected chi connectivity index (χ0v) is 10.4. The summed E-state index contributed by atoms with van der Waals surface area (Å²) in [6, 6.07) is 5.52. The normalized spacial score (nSPS) is 20.5. The van der Waals surface area contributed by atoms with Crippen LogP contribution in [0.4, 0.5) is 11.4 Å². The number of hydrogen-bond acceptors (Lipinski definition) is 3. The molecule has 5 heteroatoms. The van der Waals surface area contributed by atoms with Crippen LogP contribution in [0.2, 0.25) is 0 Å². The van der Waals surface area contributed by atoms with Gasteiger partial charge in [0.15, 0.2) is 0 Å². The lowest BCUT2D eigenvalue weighted by molar-refractivity contribution is -0.117. The Hall–Kier alpha value is -1.07. The van der Waals surface area contributed by atoms with Gasteiger partial charge in [-0.1, -0.05) is 15.9 Å². The Labute approximate surface area is 103 Å². The van der Waals surface area contributed by atoms with Crippen molar-refractivity contribution in [3.05, 3.63) is 22.7 Å². The minimum Gasteiger partial charge on any atom is -0.397 e. The largest absolute Gasteiger partial charge is 0.397 e. The molecule has 16 heavy (non-hydrogen) atoms. The highest BCUT2D eigenvalue weighted by atomic mass is 79.9. The van der Waals surface area contributed by atoms with Gasteiger partial charge in [0.2, 0.25) is 5.91 Å². The zero-order chi connectivity index (χ0) is 11.7. The Morgan fingerprint density at radius 2 is 2.25 bits per heavy atom. The zero-order valence-electron chi connectivity index (χ0n) is 8.82. The number of nitrogens with zero attached hydrogens (tertiary/aromatic N) is 1. The maximum Gasteiger partial charge on any atom is 0.227 e. The molecule has 86 valence electrons. The number of rotatable bonds is 2. The summed E-state index contributed by atoms with van der Waals surface area (Å²) in [7, 11) is 0. The van der Waals surface area contributed by atoms with Gasteiger partial charge in [-0.25, -0.2) is 0 Å². The van der Waals surface area contributed by atoms with Crippen molar-refractivity contribution in [3.8, 4) is 0 Å². The molecular weight excluding hydrogens is 270 g/mol. The van der Waals surface area contributed by atoms with Gasteiger partial charge in [0.05, 0.1) is 11.4 Å². The van der Waals surface area contributed by atoms with Crippen molar-refractivity contribution in [2.24, 2.45) is 11.7 Å². The third-order valence-electron chi connectivity index (χ3n) is 2.82. The van der Waals surface area contributed by atoms with E-state index in [9.17, 15) is 4.79 Å². The molecule has 0 bridgehead atoms. The van der Waals surface area contributed by atoms with Crippen LogP contribution in [0, 0.1) is 5.92 Å². The fraction of sp³-hybridized carbons (Fsp3) is 0.364. The van der Waals surface area contributed by atoms with E-state index in [4.69, 9.17) is 11.5 Å². The van der Waals surface area contributed by atoms with Gasteiger partial charge < -0.3 is 16.4 Å². The van der Waals surface area contributed by atoms with Gasteiger partial charge in [0, 0.05) is 17.4 Å². The fourth-order valence-electron chi connectivity index (χ4n) is 1.92. The van der Waals surface area contributed by atoms with E-state index >= 15 is 0 Å². The lowest BCUT2D eigenvalue weighted by Gasteiger charge is -2.18. The summed E-state index contributed by atoms with van der Waals surface area (Å²) in [6.45, 7) is 1.20. The van der Waals surface area contributed by atoms with E-state index in [2.05, 4.69) is 15.9 Å². The average molecular weight is 284 g/mol. The van der Waals surface area contributed by atoms with Gasteiger partial charge in [-0.05, 0) is 30.7 Å². The van der Waals surface area contributed by atoms with Crippen LogP contribution in [-0.4, -0.2) is 19.0 Å². The molecule has 0 spiro atoms. The van der Waals surface area contributed by atoms with Crippen molar-refractivity contribution < 1.29 is 4.79 Å². The second-order valence-corrected chi connectivity index (χ2v) is 4.93. The Morgan fingerprint density at radius 3 is 2.88 bits per heavy atom. The third-order valence-corrected chi connectivity index (χ3v) is 3.31. The lowest BCUT2D eigenvalue weighted by Crippen LogP contribution is -2.26. The SMILES string of the molecule is NCC1CC(=O)N(c2cc(Br)ccc2N)C1. The quantitative estimate of drug-likeness (QED) is 0.805. The highest BCUT2D eigenvalue weighted by Gasteiger charge is 2.30. The first kappa shape index (κ1) is 11.4. The predicted octanol–water partition coefficient (Wildman–Crippen LogP) is 1.34. The van der Waals surface area contributed by atoms with Crippen molar-refractivity contribution in [2.45, 2.75) is 6.42 Å². The van der Waals surface area contributed by atoms with Crippen LogP contribution >= 0.6 is 15.9 Å². The van der Waals surface area contributed by atoms with Gasteiger partial charge >= 0.3 is 0 Å². The molecule has 4 N–H and O–H groups in total. The van der Waals surface area contributed by atoms with E-state index in [1.165, 1.54) is 0 Å². The number of amides is 1. The molecule has 2 rings (SSSR count). The fourth-order valence-corrected chi connectivity index (χ4v) is 2.27. The van der Waals surface area contributed by atoms with E-state index in [1.54, 1.807) is 11.0 Å². The molecule has 1 aliphatic heterocycles. The molecule has 1 aromatic rings. The van der Waals surface area contributed by atoms with Crippen molar-refractivity contribution in [3.63, 3.8) is 0 Å². The molecule has 0 aromatic heterocycles. The molecule has 1 heterocycles. The van der Waals surface area contributed by atoms with Crippen molar-refractivity contribution in [1.29, 1.82) is 0 Å². The summed E-state index contributed by atoms with van der Waals surface area (Å²) in [5.74, 6) is 0.339. The Kier molecular flexibility index (Phi) is 3.16. The monoisotopic (exact) mass is 283 g/mol. The molecule has 1 unspecified atom stereocenters. The topological polar surface area (TPSA) is 72.4 Å². The molecular formula is C11H14BrN3O. The van der Waals surface area contributed by atoms with E-state index in [-0.39, 0.29) is 11.8 Å². The minimum atomic E-state index is 0.0975. The van der Waals surface area contributed by atoms with Gasteiger partial charge in [-0.3, -0.25) is 4.79 Å². The van der Waals surface area contributed by atoms with E-state index in [0.29, 0.717) is 25.2 Å². The average Bonchev–Trinajstić information content (AvgIpc) is 2.63. The summed E-state index contributed by atoms with van der Waals surface area (Å²) in [6.07, 6.45) is 0.516. The van der Waals surface area contributed by atoms with E-state index in [1.807, 2.05) is 12.1 Å². The number of anilines is 2. The maximum absolute atomic E-state index is 11.8. The number of halogens is 1. The summed E-state index contributed by atoms with van der Waals surface area (Å²) in [4.78, 5) is 13.5. The molecule has 0 aliphatic carbocycles. The van der Waals surface area contributed by atoms with Crippen molar-refractivity contribution in [1.82, 2.24) is 0 Å². The summed E-state index contributed by atoms with van der Waals surface area (Å²) < 4.78 is 0.917. The first-order valence-electron chi connectivity index (χ1n) is 5.17. The van der Waals surface area contributed by atoms with Gasteiger partial charge in [-0.2, -0.15) is 0 Å². The molecule has 0 radical (unpaired) electrons. The number of nitrogens with two attached hydrogens (primary N) is 2. The maximum atomic E-state index is 11.8. The number of hydrogen-bond donors (Lipinski definition) is 2. The van der Waals surface area contributed by atoms with Crippen LogP contribution in [0.5, 0.6) is 0 Å².